The first-order chi connectivity index (χ1) is 8.58. The van der Waals surface area contributed by atoms with Crippen molar-refractivity contribution in [3.63, 3.8) is 0 Å². The van der Waals surface area contributed by atoms with Crippen LogP contribution in [0.5, 0.6) is 5.75 Å². The zero-order valence-electron chi connectivity index (χ0n) is 9.80. The molecule has 0 saturated heterocycles. The zero-order chi connectivity index (χ0) is 13.1. The molecule has 1 aliphatic carbocycles. The molecule has 0 heterocycles. The first-order valence-corrected chi connectivity index (χ1v) is 6.32. The van der Waals surface area contributed by atoms with Crippen LogP contribution in [0.4, 0.5) is 0 Å². The lowest BCUT2D eigenvalue weighted by Gasteiger charge is -2.15. The highest BCUT2D eigenvalue weighted by atomic mass is 35.5. The van der Waals surface area contributed by atoms with E-state index in [1.807, 2.05) is 0 Å². The third-order valence-corrected chi connectivity index (χ3v) is 3.40. The molecule has 0 spiro atoms. The van der Waals surface area contributed by atoms with E-state index in [0.29, 0.717) is 10.8 Å². The molecular weight excluding hydrogens is 256 g/mol. The fourth-order valence-corrected chi connectivity index (χ4v) is 2.34. The van der Waals surface area contributed by atoms with Gasteiger partial charge in [-0.3, -0.25) is 0 Å². The van der Waals surface area contributed by atoms with E-state index in [2.05, 4.69) is 0 Å². The van der Waals surface area contributed by atoms with Crippen LogP contribution in [0.2, 0.25) is 5.02 Å². The highest BCUT2D eigenvalue weighted by Crippen LogP contribution is 2.31. The summed E-state index contributed by atoms with van der Waals surface area (Å²) in [6, 6.07) is 4.57. The molecule has 2 N–H and O–H groups in total. The van der Waals surface area contributed by atoms with Crippen molar-refractivity contribution in [2.24, 2.45) is 0 Å². The smallest absolute Gasteiger partial charge is 0.337 e. The highest BCUT2D eigenvalue weighted by Gasteiger charge is 2.20. The SMILES string of the molecule is O=C(O)C(O)c1ccc(OC2CCCC2)c(Cl)c1. The van der Waals surface area contributed by atoms with Gasteiger partial charge in [-0.25, -0.2) is 4.79 Å². The summed E-state index contributed by atoms with van der Waals surface area (Å²) in [7, 11) is 0. The van der Waals surface area contributed by atoms with E-state index < -0.39 is 12.1 Å². The third kappa shape index (κ3) is 2.94. The van der Waals surface area contributed by atoms with Crippen molar-refractivity contribution >= 4 is 17.6 Å². The zero-order valence-corrected chi connectivity index (χ0v) is 10.6. The van der Waals surface area contributed by atoms with Crippen LogP contribution in [0.25, 0.3) is 0 Å². The summed E-state index contributed by atoms with van der Waals surface area (Å²) in [4.78, 5) is 10.7. The van der Waals surface area contributed by atoms with Gasteiger partial charge >= 0.3 is 5.97 Å². The van der Waals surface area contributed by atoms with Crippen molar-refractivity contribution in [1.29, 1.82) is 0 Å². The van der Waals surface area contributed by atoms with Crippen LogP contribution in [-0.2, 0) is 4.79 Å². The summed E-state index contributed by atoms with van der Waals surface area (Å²) in [5.41, 5.74) is 0.256. The Labute approximate surface area is 110 Å². The van der Waals surface area contributed by atoms with Gasteiger partial charge in [-0.2, -0.15) is 0 Å². The number of carbonyl (C=O) groups is 1. The average Bonchev–Trinajstić information content (AvgIpc) is 2.83. The topological polar surface area (TPSA) is 66.8 Å². The number of rotatable bonds is 4. The second kappa shape index (κ2) is 5.59. The van der Waals surface area contributed by atoms with Gasteiger partial charge in [0.2, 0.25) is 0 Å². The number of aliphatic hydroxyl groups is 1. The Morgan fingerprint density at radius 2 is 2.06 bits per heavy atom. The van der Waals surface area contributed by atoms with E-state index in [1.165, 1.54) is 12.1 Å². The van der Waals surface area contributed by atoms with Crippen molar-refractivity contribution in [3.8, 4) is 5.75 Å². The number of hydrogen-bond acceptors (Lipinski definition) is 3. The van der Waals surface area contributed by atoms with Crippen LogP contribution in [0.3, 0.4) is 0 Å². The van der Waals surface area contributed by atoms with Crippen LogP contribution < -0.4 is 4.74 Å². The number of carboxylic acid groups (broad SMARTS) is 1. The van der Waals surface area contributed by atoms with E-state index >= 15 is 0 Å². The van der Waals surface area contributed by atoms with Gasteiger partial charge in [0.25, 0.3) is 0 Å². The average molecular weight is 271 g/mol. The summed E-state index contributed by atoms with van der Waals surface area (Å²) >= 11 is 6.03. The molecule has 4 nitrogen and oxygen atoms in total. The fraction of sp³-hybridized carbons (Fsp3) is 0.462. The molecule has 1 atom stereocenters. The molecule has 0 amide bonds. The van der Waals surface area contributed by atoms with E-state index in [1.54, 1.807) is 6.07 Å². The predicted octanol–water partition coefficient (Wildman–Crippen LogP) is 2.78. The monoisotopic (exact) mass is 270 g/mol. The number of aliphatic hydroxyl groups excluding tert-OH is 1. The largest absolute Gasteiger partial charge is 0.489 e. The van der Waals surface area contributed by atoms with E-state index in [0.717, 1.165) is 25.7 Å². The number of ether oxygens (including phenoxy) is 1. The van der Waals surface area contributed by atoms with Crippen LogP contribution >= 0.6 is 11.6 Å². The Morgan fingerprint density at radius 3 is 2.61 bits per heavy atom. The first-order valence-electron chi connectivity index (χ1n) is 5.95. The molecule has 1 aromatic rings. The molecule has 1 fully saturated rings. The van der Waals surface area contributed by atoms with E-state index in [-0.39, 0.29) is 11.7 Å². The third-order valence-electron chi connectivity index (χ3n) is 3.10. The van der Waals surface area contributed by atoms with E-state index in [4.69, 9.17) is 21.4 Å². The minimum Gasteiger partial charge on any atom is -0.489 e. The molecule has 1 aromatic carbocycles. The van der Waals surface area contributed by atoms with Crippen LogP contribution in [0, 0.1) is 0 Å². The first kappa shape index (κ1) is 13.2. The number of aliphatic carboxylic acids is 1. The minimum absolute atomic E-state index is 0.192. The molecule has 98 valence electrons. The van der Waals surface area contributed by atoms with E-state index in [9.17, 15) is 9.90 Å². The van der Waals surface area contributed by atoms with Gasteiger partial charge in [-0.1, -0.05) is 17.7 Å². The maximum Gasteiger partial charge on any atom is 0.337 e. The van der Waals surface area contributed by atoms with Gasteiger partial charge in [-0.15, -0.1) is 0 Å². The Bertz CT molecular complexity index is 441. The molecule has 1 aliphatic rings. The molecule has 1 saturated carbocycles. The maximum absolute atomic E-state index is 10.7. The summed E-state index contributed by atoms with van der Waals surface area (Å²) in [5, 5.41) is 18.4. The molecule has 0 aliphatic heterocycles. The van der Waals surface area contributed by atoms with Gasteiger partial charge in [0.05, 0.1) is 11.1 Å². The van der Waals surface area contributed by atoms with Gasteiger partial charge in [0, 0.05) is 0 Å². The lowest BCUT2D eigenvalue weighted by molar-refractivity contribution is -0.146. The van der Waals surface area contributed by atoms with Crippen molar-refractivity contribution in [3.05, 3.63) is 28.8 Å². The maximum atomic E-state index is 10.7. The second-order valence-electron chi connectivity index (χ2n) is 4.45. The Hall–Kier alpha value is -1.26. The Morgan fingerprint density at radius 1 is 1.39 bits per heavy atom. The summed E-state index contributed by atoms with van der Waals surface area (Å²) in [5.74, 6) is -0.750. The molecule has 0 bridgehead atoms. The number of halogens is 1. The summed E-state index contributed by atoms with van der Waals surface area (Å²) in [6.45, 7) is 0. The normalized spacial score (nSPS) is 17.7. The molecule has 1 unspecified atom stereocenters. The number of carboxylic acids is 1. The predicted molar refractivity (Wildman–Crippen MR) is 66.9 cm³/mol. The van der Waals surface area contributed by atoms with Gasteiger partial charge in [0.15, 0.2) is 6.10 Å². The van der Waals surface area contributed by atoms with Crippen LogP contribution in [0.1, 0.15) is 37.4 Å². The minimum atomic E-state index is -1.55. The molecule has 0 aromatic heterocycles. The number of hydrogen-bond donors (Lipinski definition) is 2. The van der Waals surface area contributed by atoms with Crippen molar-refractivity contribution in [2.75, 3.05) is 0 Å². The standard InChI is InChI=1S/C13H15ClO4/c14-10-7-8(12(15)13(16)17)5-6-11(10)18-9-3-1-2-4-9/h5-7,9,12,15H,1-4H2,(H,16,17). The van der Waals surface area contributed by atoms with Gasteiger partial charge < -0.3 is 14.9 Å². The molecule has 0 radical (unpaired) electrons. The van der Waals surface area contributed by atoms with Crippen molar-refractivity contribution in [2.45, 2.75) is 37.9 Å². The number of benzene rings is 1. The second-order valence-corrected chi connectivity index (χ2v) is 4.86. The van der Waals surface area contributed by atoms with Crippen molar-refractivity contribution < 1.29 is 19.7 Å². The van der Waals surface area contributed by atoms with Crippen molar-refractivity contribution in [1.82, 2.24) is 0 Å². The molecule has 5 heteroatoms. The molecule has 2 rings (SSSR count). The fourth-order valence-electron chi connectivity index (χ4n) is 2.11. The Kier molecular flexibility index (Phi) is 4.09. The Balaban J connectivity index is 2.11. The lowest BCUT2D eigenvalue weighted by atomic mass is 10.1. The summed E-state index contributed by atoms with van der Waals surface area (Å²) < 4.78 is 5.74. The van der Waals surface area contributed by atoms with Crippen LogP contribution in [-0.4, -0.2) is 22.3 Å². The van der Waals surface area contributed by atoms with Crippen LogP contribution in [0.15, 0.2) is 18.2 Å². The lowest BCUT2D eigenvalue weighted by Crippen LogP contribution is -2.12. The van der Waals surface area contributed by atoms with Gasteiger partial charge in [-0.05, 0) is 43.4 Å². The quantitative estimate of drug-likeness (QED) is 0.883. The highest BCUT2D eigenvalue weighted by molar-refractivity contribution is 6.32. The van der Waals surface area contributed by atoms with Gasteiger partial charge in [0.1, 0.15) is 5.75 Å². The molecule has 18 heavy (non-hydrogen) atoms. The molecular formula is C13H15ClO4. The summed E-state index contributed by atoms with van der Waals surface area (Å²) in [6.07, 6.45) is 3.02.